The summed E-state index contributed by atoms with van der Waals surface area (Å²) in [6.45, 7) is 4.52. The van der Waals surface area contributed by atoms with Crippen LogP contribution in [0.15, 0.2) is 36.8 Å². The normalized spacial score (nSPS) is 17.9. The molecule has 1 fully saturated rings. The number of para-hydroxylation sites is 1. The first kappa shape index (κ1) is 17.2. The van der Waals surface area contributed by atoms with Crippen molar-refractivity contribution in [1.82, 2.24) is 14.9 Å². The zero-order valence-corrected chi connectivity index (χ0v) is 15.4. The molecule has 4 rings (SSSR count). The third-order valence-electron chi connectivity index (χ3n) is 5.09. The number of carbonyl (C=O) groups is 1. The average Bonchev–Trinajstić information content (AvgIpc) is 2.68. The molecule has 1 saturated heterocycles. The van der Waals surface area contributed by atoms with Crippen molar-refractivity contribution in [3.8, 4) is 0 Å². The maximum Gasteiger partial charge on any atom is 0.241 e. The molecule has 1 aromatic carbocycles. The Labute approximate surface area is 158 Å². The van der Waals surface area contributed by atoms with Gasteiger partial charge in [0, 0.05) is 38.4 Å². The van der Waals surface area contributed by atoms with Crippen LogP contribution in [0.5, 0.6) is 0 Å². The number of nitrogens with zero attached hydrogens (tertiary/aromatic N) is 5. The quantitative estimate of drug-likeness (QED) is 0.828. The summed E-state index contributed by atoms with van der Waals surface area (Å²) >= 11 is 6.19. The predicted octanol–water partition coefficient (Wildman–Crippen LogP) is 2.23. The third kappa shape index (κ3) is 3.52. The monoisotopic (exact) mass is 371 g/mol. The maximum atomic E-state index is 12.9. The fraction of sp³-hybridized carbons (Fsp3) is 0.421. The molecule has 0 atom stereocenters. The molecule has 0 saturated carbocycles. The Balaban J connectivity index is 1.36. The second kappa shape index (κ2) is 7.60. The molecule has 2 aliphatic heterocycles. The first-order chi connectivity index (χ1) is 12.7. The lowest BCUT2D eigenvalue weighted by molar-refractivity contribution is -0.119. The van der Waals surface area contributed by atoms with Crippen molar-refractivity contribution < 1.29 is 4.79 Å². The van der Waals surface area contributed by atoms with Gasteiger partial charge in [0.2, 0.25) is 5.91 Å². The van der Waals surface area contributed by atoms with Crippen LogP contribution in [0.2, 0.25) is 5.02 Å². The van der Waals surface area contributed by atoms with Crippen molar-refractivity contribution >= 4 is 29.0 Å². The highest BCUT2D eigenvalue weighted by molar-refractivity contribution is 6.32. The van der Waals surface area contributed by atoms with Crippen LogP contribution in [0.25, 0.3) is 0 Å². The van der Waals surface area contributed by atoms with E-state index in [2.05, 4.69) is 31.9 Å². The van der Waals surface area contributed by atoms with Gasteiger partial charge in [-0.05, 0) is 24.5 Å². The first-order valence-corrected chi connectivity index (χ1v) is 9.41. The number of carbonyl (C=O) groups excluding carboxylic acids is 1. The minimum absolute atomic E-state index is 0.186. The highest BCUT2D eigenvalue weighted by Gasteiger charge is 2.26. The largest absolute Gasteiger partial charge is 0.353 e. The minimum Gasteiger partial charge on any atom is -0.353 e. The number of fused-ring (bicyclic) bond motifs is 1. The summed E-state index contributed by atoms with van der Waals surface area (Å²) in [7, 11) is 0. The number of piperazine rings is 1. The first-order valence-electron chi connectivity index (χ1n) is 9.03. The molecule has 0 unspecified atom stereocenters. The van der Waals surface area contributed by atoms with Crippen LogP contribution in [0, 0.1) is 0 Å². The zero-order chi connectivity index (χ0) is 17.9. The van der Waals surface area contributed by atoms with Gasteiger partial charge in [-0.15, -0.1) is 0 Å². The maximum absolute atomic E-state index is 12.9. The van der Waals surface area contributed by atoms with Gasteiger partial charge in [-0.3, -0.25) is 9.69 Å². The lowest BCUT2D eigenvalue weighted by atomic mass is 10.0. The van der Waals surface area contributed by atoms with Crippen molar-refractivity contribution in [3.63, 3.8) is 0 Å². The molecule has 0 spiro atoms. The van der Waals surface area contributed by atoms with E-state index < -0.39 is 0 Å². The van der Waals surface area contributed by atoms with Gasteiger partial charge in [0.25, 0.3) is 0 Å². The Bertz CT molecular complexity index is 791. The highest BCUT2D eigenvalue weighted by Crippen LogP contribution is 2.27. The Morgan fingerprint density at radius 2 is 1.92 bits per heavy atom. The lowest BCUT2D eigenvalue weighted by Crippen LogP contribution is -2.51. The van der Waals surface area contributed by atoms with Crippen molar-refractivity contribution in [2.24, 2.45) is 0 Å². The Morgan fingerprint density at radius 1 is 1.12 bits per heavy atom. The molecule has 0 radical (unpaired) electrons. The lowest BCUT2D eigenvalue weighted by Gasteiger charge is -2.37. The number of benzene rings is 1. The van der Waals surface area contributed by atoms with Crippen LogP contribution in [-0.2, 0) is 11.2 Å². The van der Waals surface area contributed by atoms with Crippen LogP contribution < -0.4 is 9.80 Å². The van der Waals surface area contributed by atoms with Crippen LogP contribution >= 0.6 is 11.6 Å². The predicted molar refractivity (Wildman–Crippen MR) is 103 cm³/mol. The van der Waals surface area contributed by atoms with Crippen LogP contribution in [-0.4, -0.2) is 60.0 Å². The smallest absolute Gasteiger partial charge is 0.241 e. The molecule has 26 heavy (non-hydrogen) atoms. The number of halogens is 1. The second-order valence-electron chi connectivity index (χ2n) is 6.74. The Kier molecular flexibility index (Phi) is 5.04. The van der Waals surface area contributed by atoms with E-state index in [9.17, 15) is 4.79 Å². The topological polar surface area (TPSA) is 52.6 Å². The van der Waals surface area contributed by atoms with Crippen molar-refractivity contribution in [2.45, 2.75) is 12.8 Å². The van der Waals surface area contributed by atoms with Gasteiger partial charge in [-0.2, -0.15) is 0 Å². The standard InChI is InChI=1S/C19H22ClN5O/c20-16-12-21-14-22-19(16)24-10-8-23(9-11-24)13-18(26)25-7-3-5-15-4-1-2-6-17(15)25/h1-2,4,6,12,14H,3,5,7-11,13H2. The molecule has 0 N–H and O–H groups in total. The van der Waals surface area contributed by atoms with E-state index in [0.29, 0.717) is 11.6 Å². The summed E-state index contributed by atoms with van der Waals surface area (Å²) in [6.07, 6.45) is 5.22. The van der Waals surface area contributed by atoms with E-state index in [-0.39, 0.29) is 5.91 Å². The van der Waals surface area contributed by atoms with Crippen LogP contribution in [0.1, 0.15) is 12.0 Å². The molecule has 0 bridgehead atoms. The molecule has 6 nitrogen and oxygen atoms in total. The van der Waals surface area contributed by atoms with Crippen LogP contribution in [0.3, 0.4) is 0 Å². The molecule has 1 amide bonds. The second-order valence-corrected chi connectivity index (χ2v) is 7.14. The van der Waals surface area contributed by atoms with E-state index in [0.717, 1.165) is 57.1 Å². The zero-order valence-electron chi connectivity index (χ0n) is 14.6. The van der Waals surface area contributed by atoms with Gasteiger partial charge in [0.15, 0.2) is 5.82 Å². The molecule has 1 aromatic heterocycles. The van der Waals surface area contributed by atoms with Gasteiger partial charge in [0.05, 0.1) is 12.7 Å². The molecule has 2 aliphatic rings. The average molecular weight is 372 g/mol. The minimum atomic E-state index is 0.186. The molecule has 0 aliphatic carbocycles. The van der Waals surface area contributed by atoms with Crippen molar-refractivity contribution in [2.75, 3.05) is 49.1 Å². The summed E-state index contributed by atoms with van der Waals surface area (Å²) in [6, 6.07) is 8.24. The SMILES string of the molecule is O=C(CN1CCN(c2ncncc2Cl)CC1)N1CCCc2ccccc21. The summed E-state index contributed by atoms with van der Waals surface area (Å²) in [4.78, 5) is 27.4. The highest BCUT2D eigenvalue weighted by atomic mass is 35.5. The summed E-state index contributed by atoms with van der Waals surface area (Å²) in [5.41, 5.74) is 2.35. The summed E-state index contributed by atoms with van der Waals surface area (Å²) in [5.74, 6) is 0.961. The number of hydrogen-bond acceptors (Lipinski definition) is 5. The van der Waals surface area contributed by atoms with Crippen molar-refractivity contribution in [1.29, 1.82) is 0 Å². The number of amides is 1. The van der Waals surface area contributed by atoms with Crippen LogP contribution in [0.4, 0.5) is 11.5 Å². The van der Waals surface area contributed by atoms with Crippen molar-refractivity contribution in [3.05, 3.63) is 47.4 Å². The molecule has 136 valence electrons. The van der Waals surface area contributed by atoms with E-state index >= 15 is 0 Å². The number of aromatic nitrogens is 2. The summed E-state index contributed by atoms with van der Waals surface area (Å²) < 4.78 is 0. The third-order valence-corrected chi connectivity index (χ3v) is 5.36. The fourth-order valence-electron chi connectivity index (χ4n) is 3.73. The summed E-state index contributed by atoms with van der Waals surface area (Å²) in [5, 5.41) is 0.571. The Morgan fingerprint density at radius 3 is 2.73 bits per heavy atom. The van der Waals surface area contributed by atoms with Gasteiger partial charge in [-0.25, -0.2) is 9.97 Å². The molecular weight excluding hydrogens is 350 g/mol. The van der Waals surface area contributed by atoms with Gasteiger partial charge < -0.3 is 9.80 Å². The fourth-order valence-corrected chi connectivity index (χ4v) is 3.95. The number of rotatable bonds is 3. The van der Waals surface area contributed by atoms with E-state index in [1.807, 2.05) is 17.0 Å². The molecule has 2 aromatic rings. The van der Waals surface area contributed by atoms with Gasteiger partial charge in [-0.1, -0.05) is 29.8 Å². The van der Waals surface area contributed by atoms with E-state index in [1.165, 1.54) is 11.9 Å². The number of aryl methyl sites for hydroxylation is 1. The molecule has 3 heterocycles. The van der Waals surface area contributed by atoms with E-state index in [1.54, 1.807) is 6.20 Å². The number of hydrogen-bond donors (Lipinski definition) is 0. The molecular formula is C19H22ClN5O. The Hall–Kier alpha value is -2.18. The van der Waals surface area contributed by atoms with Gasteiger partial charge >= 0.3 is 0 Å². The van der Waals surface area contributed by atoms with E-state index in [4.69, 9.17) is 11.6 Å². The number of anilines is 2. The van der Waals surface area contributed by atoms with Gasteiger partial charge in [0.1, 0.15) is 11.3 Å². The molecule has 7 heteroatoms.